The van der Waals surface area contributed by atoms with Crippen LogP contribution in [0.5, 0.6) is 0 Å². The Hall–Kier alpha value is -3.07. The number of hydrogen-bond donors (Lipinski definition) is 1. The maximum absolute atomic E-state index is 14.0. The van der Waals surface area contributed by atoms with Gasteiger partial charge >= 0.3 is 0 Å². The van der Waals surface area contributed by atoms with Gasteiger partial charge in [0.05, 0.1) is 10.6 Å². The molecule has 3 aromatic carbocycles. The summed E-state index contributed by atoms with van der Waals surface area (Å²) in [7, 11) is -4.19. The van der Waals surface area contributed by atoms with Gasteiger partial charge in [-0.2, -0.15) is 0 Å². The Morgan fingerprint density at radius 1 is 0.923 bits per heavy atom. The number of anilines is 1. The normalized spacial score (nSPS) is 12.0. The largest absolute Gasteiger partial charge is 0.354 e. The average molecular weight is 591 g/mol. The molecule has 3 aromatic rings. The number of hydrogen-bond acceptors (Lipinski definition) is 4. The number of halogens is 2. The predicted octanol–water partition coefficient (Wildman–Crippen LogP) is 5.83. The van der Waals surface area contributed by atoms with Crippen molar-refractivity contribution in [1.29, 1.82) is 0 Å². The lowest BCUT2D eigenvalue weighted by atomic mass is 10.1. The van der Waals surface area contributed by atoms with Crippen LogP contribution >= 0.6 is 23.2 Å². The smallest absolute Gasteiger partial charge is 0.264 e. The maximum atomic E-state index is 14.0. The molecule has 0 aromatic heterocycles. The second-order valence-corrected chi connectivity index (χ2v) is 11.9. The summed E-state index contributed by atoms with van der Waals surface area (Å²) in [6.45, 7) is 5.81. The van der Waals surface area contributed by atoms with Gasteiger partial charge in [-0.05, 0) is 67.8 Å². The number of carbonyl (C=O) groups is 2. The molecule has 0 spiro atoms. The minimum absolute atomic E-state index is 0.0301. The van der Waals surface area contributed by atoms with Gasteiger partial charge in [0.25, 0.3) is 10.0 Å². The third-order valence-corrected chi connectivity index (χ3v) is 8.46. The van der Waals surface area contributed by atoms with E-state index in [1.165, 1.54) is 35.2 Å². The van der Waals surface area contributed by atoms with Gasteiger partial charge in [-0.1, -0.05) is 72.9 Å². The van der Waals surface area contributed by atoms with Crippen LogP contribution in [-0.2, 0) is 26.2 Å². The van der Waals surface area contributed by atoms with Crippen LogP contribution < -0.4 is 9.62 Å². The van der Waals surface area contributed by atoms with E-state index in [1.54, 1.807) is 18.2 Å². The zero-order valence-corrected chi connectivity index (χ0v) is 24.6. The molecule has 208 valence electrons. The van der Waals surface area contributed by atoms with Gasteiger partial charge in [-0.3, -0.25) is 13.9 Å². The van der Waals surface area contributed by atoms with Crippen LogP contribution in [0.2, 0.25) is 10.0 Å². The van der Waals surface area contributed by atoms with Crippen molar-refractivity contribution < 1.29 is 18.0 Å². The summed E-state index contributed by atoms with van der Waals surface area (Å²) in [5, 5.41) is 3.57. The van der Waals surface area contributed by atoms with Crippen molar-refractivity contribution >= 4 is 50.7 Å². The number of aryl methyl sites for hydroxylation is 1. The molecule has 0 bridgehead atoms. The molecule has 2 amide bonds. The number of rotatable bonds is 12. The van der Waals surface area contributed by atoms with Crippen LogP contribution in [0.1, 0.15) is 37.8 Å². The van der Waals surface area contributed by atoms with E-state index in [0.29, 0.717) is 23.0 Å². The Kier molecular flexibility index (Phi) is 10.8. The fourth-order valence-corrected chi connectivity index (χ4v) is 5.79. The standard InChI is InChI=1S/C29H33Cl2N3O4S/c1-4-17-32-29(36)27(5-2)33(19-22-11-9-21(3)10-12-22)28(35)20-34(25-8-6-7-24(31)18-25)39(37,38)26-15-13-23(30)14-16-26/h6-16,18,27H,4-5,17,19-20H2,1-3H3,(H,32,36)/t27-/m0/s1. The molecule has 10 heteroatoms. The highest BCUT2D eigenvalue weighted by Crippen LogP contribution is 2.27. The second-order valence-electron chi connectivity index (χ2n) is 9.17. The van der Waals surface area contributed by atoms with Crippen LogP contribution in [0, 0.1) is 6.92 Å². The highest BCUT2D eigenvalue weighted by atomic mass is 35.5. The lowest BCUT2D eigenvalue weighted by molar-refractivity contribution is -0.140. The van der Waals surface area contributed by atoms with E-state index in [1.807, 2.05) is 45.0 Å². The Labute approximate surface area is 240 Å². The summed E-state index contributed by atoms with van der Waals surface area (Å²) in [4.78, 5) is 28.5. The third-order valence-electron chi connectivity index (χ3n) is 6.19. The summed E-state index contributed by atoms with van der Waals surface area (Å²) >= 11 is 12.2. The number of carbonyl (C=O) groups excluding carboxylic acids is 2. The van der Waals surface area contributed by atoms with E-state index in [9.17, 15) is 18.0 Å². The Morgan fingerprint density at radius 2 is 1.59 bits per heavy atom. The molecule has 0 heterocycles. The van der Waals surface area contributed by atoms with Crippen molar-refractivity contribution in [2.24, 2.45) is 0 Å². The van der Waals surface area contributed by atoms with Crippen LogP contribution in [0.3, 0.4) is 0 Å². The first-order valence-electron chi connectivity index (χ1n) is 12.7. The van der Waals surface area contributed by atoms with Gasteiger partial charge in [-0.15, -0.1) is 0 Å². The molecular formula is C29H33Cl2N3O4S. The predicted molar refractivity (Wildman–Crippen MR) is 157 cm³/mol. The molecule has 0 aliphatic rings. The molecule has 39 heavy (non-hydrogen) atoms. The van der Waals surface area contributed by atoms with Crippen molar-refractivity contribution in [3.63, 3.8) is 0 Å². The number of nitrogens with zero attached hydrogens (tertiary/aromatic N) is 2. The third kappa shape index (κ3) is 7.97. The quantitative estimate of drug-likeness (QED) is 0.288. The van der Waals surface area contributed by atoms with Crippen molar-refractivity contribution in [1.82, 2.24) is 10.2 Å². The van der Waals surface area contributed by atoms with Crippen molar-refractivity contribution in [2.75, 3.05) is 17.4 Å². The molecule has 0 aliphatic heterocycles. The maximum Gasteiger partial charge on any atom is 0.264 e. The van der Waals surface area contributed by atoms with Crippen LogP contribution in [0.4, 0.5) is 5.69 Å². The zero-order valence-electron chi connectivity index (χ0n) is 22.2. The Morgan fingerprint density at radius 3 is 2.18 bits per heavy atom. The second kappa shape index (κ2) is 13.8. The molecule has 0 fully saturated rings. The molecule has 0 saturated carbocycles. The Balaban J connectivity index is 2.04. The lowest BCUT2D eigenvalue weighted by Gasteiger charge is -2.33. The van der Waals surface area contributed by atoms with Crippen LogP contribution in [0.15, 0.2) is 77.7 Å². The van der Waals surface area contributed by atoms with E-state index < -0.39 is 28.5 Å². The lowest BCUT2D eigenvalue weighted by Crippen LogP contribution is -2.52. The van der Waals surface area contributed by atoms with Gasteiger partial charge in [0.2, 0.25) is 11.8 Å². The molecule has 0 saturated heterocycles. The van der Waals surface area contributed by atoms with E-state index in [4.69, 9.17) is 23.2 Å². The highest BCUT2D eigenvalue weighted by Gasteiger charge is 2.33. The number of sulfonamides is 1. The van der Waals surface area contributed by atoms with Gasteiger partial charge in [0, 0.05) is 23.1 Å². The fourth-order valence-electron chi connectivity index (χ4n) is 4.07. The van der Waals surface area contributed by atoms with Crippen LogP contribution in [-0.4, -0.2) is 44.3 Å². The minimum atomic E-state index is -4.19. The summed E-state index contributed by atoms with van der Waals surface area (Å²) in [6, 6.07) is 18.9. The van der Waals surface area contributed by atoms with E-state index >= 15 is 0 Å². The summed E-state index contributed by atoms with van der Waals surface area (Å²) in [5.41, 5.74) is 2.11. The molecule has 3 rings (SSSR count). The minimum Gasteiger partial charge on any atom is -0.354 e. The fraction of sp³-hybridized carbons (Fsp3) is 0.310. The summed E-state index contributed by atoms with van der Waals surface area (Å²) < 4.78 is 28.6. The molecule has 0 unspecified atom stereocenters. The van der Waals surface area contributed by atoms with Crippen LogP contribution in [0.25, 0.3) is 0 Å². The molecule has 0 radical (unpaired) electrons. The van der Waals surface area contributed by atoms with Gasteiger partial charge < -0.3 is 10.2 Å². The van der Waals surface area contributed by atoms with Crippen molar-refractivity contribution in [3.8, 4) is 0 Å². The van der Waals surface area contributed by atoms with Gasteiger partial charge in [-0.25, -0.2) is 8.42 Å². The Bertz CT molecular complexity index is 1380. The topological polar surface area (TPSA) is 86.8 Å². The number of nitrogens with one attached hydrogen (secondary N) is 1. The molecule has 1 atom stereocenters. The zero-order chi connectivity index (χ0) is 28.6. The van der Waals surface area contributed by atoms with E-state index in [0.717, 1.165) is 21.9 Å². The SMILES string of the molecule is CCCNC(=O)[C@H](CC)N(Cc1ccc(C)cc1)C(=O)CN(c1cccc(Cl)c1)S(=O)(=O)c1ccc(Cl)cc1. The average Bonchev–Trinajstić information content (AvgIpc) is 2.91. The first-order chi connectivity index (χ1) is 18.6. The first-order valence-corrected chi connectivity index (χ1v) is 14.9. The highest BCUT2D eigenvalue weighted by molar-refractivity contribution is 7.92. The van der Waals surface area contributed by atoms with Crippen molar-refractivity contribution in [2.45, 2.75) is 51.1 Å². The first kappa shape index (κ1) is 30.5. The monoisotopic (exact) mass is 589 g/mol. The van der Waals surface area contributed by atoms with E-state index in [2.05, 4.69) is 5.32 Å². The van der Waals surface area contributed by atoms with Gasteiger partial charge in [0.15, 0.2) is 0 Å². The molecular weight excluding hydrogens is 557 g/mol. The number of benzene rings is 3. The molecule has 1 N–H and O–H groups in total. The summed E-state index contributed by atoms with van der Waals surface area (Å²) in [5.74, 6) is -0.804. The molecule has 7 nitrogen and oxygen atoms in total. The van der Waals surface area contributed by atoms with Gasteiger partial charge in [0.1, 0.15) is 12.6 Å². The van der Waals surface area contributed by atoms with Crippen molar-refractivity contribution in [3.05, 3.63) is 94.0 Å². The number of amides is 2. The molecule has 0 aliphatic carbocycles. The van der Waals surface area contributed by atoms with E-state index in [-0.39, 0.29) is 23.0 Å². The summed E-state index contributed by atoms with van der Waals surface area (Å²) in [6.07, 6.45) is 1.10.